The van der Waals surface area contributed by atoms with E-state index >= 15 is 0 Å². The van der Waals surface area contributed by atoms with Gasteiger partial charge in [-0.25, -0.2) is 4.39 Å². The molecule has 0 amide bonds. The Morgan fingerprint density at radius 1 is 1.25 bits per heavy atom. The van der Waals surface area contributed by atoms with Crippen molar-refractivity contribution in [2.75, 3.05) is 11.9 Å². The van der Waals surface area contributed by atoms with Gasteiger partial charge in [0, 0.05) is 12.6 Å². The van der Waals surface area contributed by atoms with Gasteiger partial charge in [-0.2, -0.15) is 0 Å². The maximum Gasteiger partial charge on any atom is 0.292 e. The molecule has 2 aromatic carbocycles. The van der Waals surface area contributed by atoms with Gasteiger partial charge in [0.1, 0.15) is 11.5 Å². The predicted octanol–water partition coefficient (Wildman–Crippen LogP) is 3.70. The lowest BCUT2D eigenvalue weighted by Gasteiger charge is -2.08. The Hall–Kier alpha value is -2.43. The van der Waals surface area contributed by atoms with Crippen LogP contribution in [0.2, 0.25) is 0 Å². The lowest BCUT2D eigenvalue weighted by atomic mass is 10.1. The Morgan fingerprint density at radius 2 is 2.00 bits per heavy atom. The summed E-state index contributed by atoms with van der Waals surface area (Å²) in [5.74, 6) is -0.256. The second kappa shape index (κ2) is 6.14. The third kappa shape index (κ3) is 3.32. The number of anilines is 1. The second-order valence-corrected chi connectivity index (χ2v) is 4.55. The Labute approximate surface area is 116 Å². The van der Waals surface area contributed by atoms with Crippen LogP contribution < -0.4 is 5.32 Å². The number of halogens is 1. The average molecular weight is 274 g/mol. The Morgan fingerprint density at radius 3 is 2.70 bits per heavy atom. The highest BCUT2D eigenvalue weighted by molar-refractivity contribution is 5.62. The fourth-order valence-corrected chi connectivity index (χ4v) is 1.98. The first-order valence-corrected chi connectivity index (χ1v) is 6.30. The van der Waals surface area contributed by atoms with E-state index < -0.39 is 4.92 Å². The predicted molar refractivity (Wildman–Crippen MR) is 76.4 cm³/mol. The molecule has 0 spiro atoms. The van der Waals surface area contributed by atoms with Crippen LogP contribution in [0.3, 0.4) is 0 Å². The molecule has 1 N–H and O–H groups in total. The van der Waals surface area contributed by atoms with E-state index in [0.29, 0.717) is 24.2 Å². The number of rotatable bonds is 5. The van der Waals surface area contributed by atoms with Crippen LogP contribution in [0.4, 0.5) is 15.8 Å². The molecule has 0 aliphatic heterocycles. The van der Waals surface area contributed by atoms with Gasteiger partial charge in [0.25, 0.3) is 5.69 Å². The number of nitrogens with zero attached hydrogens (tertiary/aromatic N) is 1. The Kier molecular flexibility index (Phi) is 4.30. The number of hydrogen-bond donors (Lipinski definition) is 1. The largest absolute Gasteiger partial charge is 0.379 e. The van der Waals surface area contributed by atoms with Crippen molar-refractivity contribution in [3.05, 3.63) is 69.5 Å². The number of benzene rings is 2. The van der Waals surface area contributed by atoms with Crippen molar-refractivity contribution in [2.45, 2.75) is 13.3 Å². The van der Waals surface area contributed by atoms with Crippen molar-refractivity contribution in [2.24, 2.45) is 0 Å². The van der Waals surface area contributed by atoms with E-state index in [4.69, 9.17) is 0 Å². The molecule has 0 bridgehead atoms. The molecule has 2 rings (SSSR count). The lowest BCUT2D eigenvalue weighted by Crippen LogP contribution is -2.08. The number of nitro groups is 1. The van der Waals surface area contributed by atoms with Gasteiger partial charge in [-0.05, 0) is 36.6 Å². The molecule has 0 radical (unpaired) electrons. The van der Waals surface area contributed by atoms with Crippen LogP contribution in [-0.4, -0.2) is 11.5 Å². The first-order valence-electron chi connectivity index (χ1n) is 6.30. The van der Waals surface area contributed by atoms with Gasteiger partial charge in [-0.3, -0.25) is 10.1 Å². The van der Waals surface area contributed by atoms with Crippen molar-refractivity contribution in [3.63, 3.8) is 0 Å². The van der Waals surface area contributed by atoms with E-state index in [1.54, 1.807) is 30.3 Å². The molecule has 104 valence electrons. The number of nitrogens with one attached hydrogen (secondary N) is 1. The molecule has 0 aromatic heterocycles. The van der Waals surface area contributed by atoms with E-state index in [9.17, 15) is 14.5 Å². The van der Waals surface area contributed by atoms with Crippen LogP contribution in [-0.2, 0) is 6.42 Å². The zero-order valence-electron chi connectivity index (χ0n) is 11.1. The third-order valence-corrected chi connectivity index (χ3v) is 3.02. The van der Waals surface area contributed by atoms with Gasteiger partial charge in [0.15, 0.2) is 0 Å². The maximum atomic E-state index is 13.5. The summed E-state index contributed by atoms with van der Waals surface area (Å²) in [5, 5.41) is 13.9. The molecule has 0 aliphatic carbocycles. The van der Waals surface area contributed by atoms with Crippen molar-refractivity contribution in [3.8, 4) is 0 Å². The third-order valence-electron chi connectivity index (χ3n) is 3.02. The molecule has 2 aromatic rings. The van der Waals surface area contributed by atoms with Crippen LogP contribution in [0, 0.1) is 22.9 Å². The number of nitro benzene ring substituents is 1. The lowest BCUT2D eigenvalue weighted by molar-refractivity contribution is -0.384. The molecule has 0 saturated heterocycles. The smallest absolute Gasteiger partial charge is 0.292 e. The standard InChI is InChI=1S/C15H15FN2O2/c1-11-6-7-15(18(19)20)14(10-11)17-9-8-12-4-2-3-5-13(12)16/h2-7,10,17H,8-9H2,1H3. The molecule has 5 heteroatoms. The molecule has 0 aliphatic rings. The summed E-state index contributed by atoms with van der Waals surface area (Å²) in [4.78, 5) is 10.5. The van der Waals surface area contributed by atoms with E-state index in [0.717, 1.165) is 5.56 Å². The van der Waals surface area contributed by atoms with Crippen LogP contribution >= 0.6 is 0 Å². The summed E-state index contributed by atoms with van der Waals surface area (Å²) in [6.07, 6.45) is 0.470. The SMILES string of the molecule is Cc1ccc([N+](=O)[O-])c(NCCc2ccccc2F)c1. The van der Waals surface area contributed by atoms with E-state index in [2.05, 4.69) is 5.32 Å². The first kappa shape index (κ1) is 14.0. The van der Waals surface area contributed by atoms with E-state index in [1.165, 1.54) is 12.1 Å². The zero-order valence-corrected chi connectivity index (χ0v) is 11.1. The molecule has 0 fully saturated rings. The minimum atomic E-state index is -0.426. The maximum absolute atomic E-state index is 13.5. The Bertz CT molecular complexity index is 629. The van der Waals surface area contributed by atoms with Crippen LogP contribution in [0.25, 0.3) is 0 Å². The van der Waals surface area contributed by atoms with Gasteiger partial charge >= 0.3 is 0 Å². The normalized spacial score (nSPS) is 10.3. The van der Waals surface area contributed by atoms with Gasteiger partial charge < -0.3 is 5.32 Å². The molecule has 4 nitrogen and oxygen atoms in total. The van der Waals surface area contributed by atoms with Crippen molar-refractivity contribution in [1.82, 2.24) is 0 Å². The fourth-order valence-electron chi connectivity index (χ4n) is 1.98. The average Bonchev–Trinajstić information content (AvgIpc) is 2.41. The molecule has 0 unspecified atom stereocenters. The van der Waals surface area contributed by atoms with Crippen LogP contribution in [0.15, 0.2) is 42.5 Å². The van der Waals surface area contributed by atoms with Crippen molar-refractivity contribution < 1.29 is 9.31 Å². The van der Waals surface area contributed by atoms with E-state index in [1.807, 2.05) is 6.92 Å². The molecular weight excluding hydrogens is 259 g/mol. The monoisotopic (exact) mass is 274 g/mol. The van der Waals surface area contributed by atoms with Crippen molar-refractivity contribution >= 4 is 11.4 Å². The summed E-state index contributed by atoms with van der Waals surface area (Å²) in [5.41, 5.74) is 2.02. The van der Waals surface area contributed by atoms with E-state index in [-0.39, 0.29) is 11.5 Å². The second-order valence-electron chi connectivity index (χ2n) is 4.55. The van der Waals surface area contributed by atoms with Crippen LogP contribution in [0.1, 0.15) is 11.1 Å². The molecule has 0 saturated carbocycles. The molecule has 0 atom stereocenters. The molecule has 20 heavy (non-hydrogen) atoms. The molecule has 0 heterocycles. The highest BCUT2D eigenvalue weighted by atomic mass is 19.1. The molecular formula is C15H15FN2O2. The highest BCUT2D eigenvalue weighted by Crippen LogP contribution is 2.25. The van der Waals surface area contributed by atoms with Crippen LogP contribution in [0.5, 0.6) is 0 Å². The minimum absolute atomic E-state index is 0.0316. The summed E-state index contributed by atoms with van der Waals surface area (Å²) >= 11 is 0. The zero-order chi connectivity index (χ0) is 14.5. The van der Waals surface area contributed by atoms with Gasteiger partial charge in [-0.1, -0.05) is 24.3 Å². The van der Waals surface area contributed by atoms with Crippen molar-refractivity contribution in [1.29, 1.82) is 0 Å². The van der Waals surface area contributed by atoms with Gasteiger partial charge in [0.05, 0.1) is 4.92 Å². The summed E-state index contributed by atoms with van der Waals surface area (Å²) in [6.45, 7) is 2.30. The number of aryl methyl sites for hydroxylation is 1. The quantitative estimate of drug-likeness (QED) is 0.668. The summed E-state index contributed by atoms with van der Waals surface area (Å²) in [6, 6.07) is 11.4. The summed E-state index contributed by atoms with van der Waals surface area (Å²) in [7, 11) is 0. The minimum Gasteiger partial charge on any atom is -0.379 e. The van der Waals surface area contributed by atoms with Gasteiger partial charge in [-0.15, -0.1) is 0 Å². The van der Waals surface area contributed by atoms with Gasteiger partial charge in [0.2, 0.25) is 0 Å². The first-order chi connectivity index (χ1) is 9.58. The Balaban J connectivity index is 2.06. The summed E-state index contributed by atoms with van der Waals surface area (Å²) < 4.78 is 13.5. The fraction of sp³-hybridized carbons (Fsp3) is 0.200. The highest BCUT2D eigenvalue weighted by Gasteiger charge is 2.12. The number of hydrogen-bond acceptors (Lipinski definition) is 3. The topological polar surface area (TPSA) is 55.2 Å².